The van der Waals surface area contributed by atoms with Crippen LogP contribution in [0.5, 0.6) is 0 Å². The minimum Gasteiger partial charge on any atom is -0.328 e. The number of amides is 1. The lowest BCUT2D eigenvalue weighted by Crippen LogP contribution is -2.31. The summed E-state index contributed by atoms with van der Waals surface area (Å²) in [7, 11) is 0. The van der Waals surface area contributed by atoms with E-state index in [0.717, 1.165) is 24.2 Å². The van der Waals surface area contributed by atoms with Gasteiger partial charge in [-0.1, -0.05) is 18.2 Å². The number of anilines is 1. The molecule has 1 aromatic rings. The maximum absolute atomic E-state index is 11.7. The van der Waals surface area contributed by atoms with Crippen LogP contribution in [0.1, 0.15) is 18.9 Å². The standard InChI is InChI=1S/C12H16N2O/c1-9(13)6-7-14-11-5-3-2-4-10(11)8-12(14)15/h2-5,9H,6-8,13H2,1H3. The summed E-state index contributed by atoms with van der Waals surface area (Å²) in [4.78, 5) is 13.6. The van der Waals surface area contributed by atoms with Crippen molar-refractivity contribution < 1.29 is 4.79 Å². The molecule has 0 saturated carbocycles. The molecular formula is C12H16N2O. The summed E-state index contributed by atoms with van der Waals surface area (Å²) >= 11 is 0. The van der Waals surface area contributed by atoms with E-state index in [4.69, 9.17) is 5.73 Å². The van der Waals surface area contributed by atoms with E-state index in [9.17, 15) is 4.79 Å². The fraction of sp³-hybridized carbons (Fsp3) is 0.417. The van der Waals surface area contributed by atoms with Crippen molar-refractivity contribution >= 4 is 11.6 Å². The third-order valence-corrected chi connectivity index (χ3v) is 2.73. The summed E-state index contributed by atoms with van der Waals surface area (Å²) in [6, 6.07) is 8.10. The maximum Gasteiger partial charge on any atom is 0.231 e. The van der Waals surface area contributed by atoms with Crippen LogP contribution >= 0.6 is 0 Å². The highest BCUT2D eigenvalue weighted by Crippen LogP contribution is 2.28. The minimum atomic E-state index is 0.144. The molecule has 0 fully saturated rings. The van der Waals surface area contributed by atoms with E-state index in [2.05, 4.69) is 0 Å². The Morgan fingerprint density at radius 3 is 2.93 bits per heavy atom. The predicted molar refractivity (Wildman–Crippen MR) is 60.8 cm³/mol. The maximum atomic E-state index is 11.7. The number of nitrogens with zero attached hydrogens (tertiary/aromatic N) is 1. The largest absolute Gasteiger partial charge is 0.328 e. The Bertz CT molecular complexity index is 374. The Balaban J connectivity index is 2.15. The number of hydrogen-bond acceptors (Lipinski definition) is 2. The van der Waals surface area contributed by atoms with Gasteiger partial charge in [0.25, 0.3) is 0 Å². The van der Waals surface area contributed by atoms with Crippen molar-refractivity contribution in [1.82, 2.24) is 0 Å². The SMILES string of the molecule is CC(N)CCN1C(=O)Cc2ccccc21. The van der Waals surface area contributed by atoms with Crippen LogP contribution in [0.2, 0.25) is 0 Å². The summed E-state index contributed by atoms with van der Waals surface area (Å²) in [5.74, 6) is 0.192. The smallest absolute Gasteiger partial charge is 0.231 e. The molecule has 0 spiro atoms. The fourth-order valence-corrected chi connectivity index (χ4v) is 1.89. The second-order valence-corrected chi connectivity index (χ2v) is 4.12. The molecule has 1 atom stereocenters. The lowest BCUT2D eigenvalue weighted by Gasteiger charge is -2.18. The van der Waals surface area contributed by atoms with Crippen molar-refractivity contribution in [2.45, 2.75) is 25.8 Å². The summed E-state index contributed by atoms with van der Waals surface area (Å²) in [6.45, 7) is 2.69. The Morgan fingerprint density at radius 1 is 1.47 bits per heavy atom. The fourth-order valence-electron chi connectivity index (χ4n) is 1.89. The van der Waals surface area contributed by atoms with Crippen LogP contribution in [0.4, 0.5) is 5.69 Å². The van der Waals surface area contributed by atoms with E-state index in [1.54, 1.807) is 0 Å². The van der Waals surface area contributed by atoms with Crippen LogP contribution in [-0.4, -0.2) is 18.5 Å². The number of fused-ring (bicyclic) bond motifs is 1. The molecule has 80 valence electrons. The van der Waals surface area contributed by atoms with Crippen LogP contribution in [0.15, 0.2) is 24.3 Å². The molecule has 0 radical (unpaired) electrons. The highest BCUT2D eigenvalue weighted by molar-refractivity contribution is 6.01. The van der Waals surface area contributed by atoms with Gasteiger partial charge in [-0.15, -0.1) is 0 Å². The molecule has 0 bridgehead atoms. The van der Waals surface area contributed by atoms with E-state index in [0.29, 0.717) is 6.42 Å². The van der Waals surface area contributed by atoms with E-state index >= 15 is 0 Å². The molecule has 15 heavy (non-hydrogen) atoms. The van der Waals surface area contributed by atoms with Crippen LogP contribution < -0.4 is 10.6 Å². The molecule has 1 unspecified atom stereocenters. The van der Waals surface area contributed by atoms with E-state index in [-0.39, 0.29) is 11.9 Å². The van der Waals surface area contributed by atoms with Gasteiger partial charge in [-0.25, -0.2) is 0 Å². The van der Waals surface area contributed by atoms with Crippen molar-refractivity contribution in [1.29, 1.82) is 0 Å². The second kappa shape index (κ2) is 4.03. The van der Waals surface area contributed by atoms with Crippen molar-refractivity contribution in [3.8, 4) is 0 Å². The van der Waals surface area contributed by atoms with Gasteiger partial charge in [0.1, 0.15) is 0 Å². The summed E-state index contributed by atoms with van der Waals surface area (Å²) in [5.41, 5.74) is 7.89. The van der Waals surface area contributed by atoms with Gasteiger partial charge in [0, 0.05) is 18.3 Å². The molecular weight excluding hydrogens is 188 g/mol. The van der Waals surface area contributed by atoms with Gasteiger partial charge in [0.05, 0.1) is 6.42 Å². The molecule has 2 rings (SSSR count). The van der Waals surface area contributed by atoms with Crippen molar-refractivity contribution in [2.24, 2.45) is 5.73 Å². The van der Waals surface area contributed by atoms with Crippen molar-refractivity contribution in [3.05, 3.63) is 29.8 Å². The zero-order valence-electron chi connectivity index (χ0n) is 8.94. The summed E-state index contributed by atoms with van der Waals surface area (Å²) in [6.07, 6.45) is 1.38. The van der Waals surface area contributed by atoms with Crippen molar-refractivity contribution in [3.63, 3.8) is 0 Å². The topological polar surface area (TPSA) is 46.3 Å². The number of carbonyl (C=O) groups is 1. The number of para-hydroxylation sites is 1. The third-order valence-electron chi connectivity index (χ3n) is 2.73. The number of hydrogen-bond donors (Lipinski definition) is 1. The molecule has 0 aromatic heterocycles. The molecule has 1 amide bonds. The van der Waals surface area contributed by atoms with E-state index < -0.39 is 0 Å². The highest BCUT2D eigenvalue weighted by Gasteiger charge is 2.26. The normalized spacial score (nSPS) is 16.7. The lowest BCUT2D eigenvalue weighted by molar-refractivity contribution is -0.117. The Labute approximate surface area is 89.9 Å². The highest BCUT2D eigenvalue weighted by atomic mass is 16.2. The number of rotatable bonds is 3. The quantitative estimate of drug-likeness (QED) is 0.807. The zero-order chi connectivity index (χ0) is 10.8. The van der Waals surface area contributed by atoms with Crippen LogP contribution in [-0.2, 0) is 11.2 Å². The van der Waals surface area contributed by atoms with Gasteiger partial charge in [0.15, 0.2) is 0 Å². The number of nitrogens with two attached hydrogens (primary N) is 1. The Hall–Kier alpha value is -1.35. The van der Waals surface area contributed by atoms with Gasteiger partial charge in [-0.05, 0) is 25.0 Å². The van der Waals surface area contributed by atoms with Crippen molar-refractivity contribution in [2.75, 3.05) is 11.4 Å². The second-order valence-electron chi connectivity index (χ2n) is 4.12. The molecule has 1 aliphatic rings. The third kappa shape index (κ3) is 2.02. The molecule has 0 aliphatic carbocycles. The minimum absolute atomic E-state index is 0.144. The van der Waals surface area contributed by atoms with E-state index in [1.807, 2.05) is 36.1 Å². The molecule has 1 heterocycles. The van der Waals surface area contributed by atoms with Gasteiger partial charge < -0.3 is 10.6 Å². The van der Waals surface area contributed by atoms with Gasteiger partial charge in [-0.2, -0.15) is 0 Å². The van der Waals surface area contributed by atoms with Gasteiger partial charge >= 0.3 is 0 Å². The average molecular weight is 204 g/mol. The van der Waals surface area contributed by atoms with Crippen LogP contribution in [0.3, 0.4) is 0 Å². The zero-order valence-corrected chi connectivity index (χ0v) is 8.94. The molecule has 3 heteroatoms. The lowest BCUT2D eigenvalue weighted by atomic mass is 10.2. The Morgan fingerprint density at radius 2 is 2.20 bits per heavy atom. The average Bonchev–Trinajstić information content (AvgIpc) is 2.50. The first-order chi connectivity index (χ1) is 7.18. The first kappa shape index (κ1) is 10.2. The predicted octanol–water partition coefficient (Wildman–Crippen LogP) is 1.31. The van der Waals surface area contributed by atoms with Gasteiger partial charge in [-0.3, -0.25) is 4.79 Å². The Kier molecular flexibility index (Phi) is 2.73. The molecule has 3 nitrogen and oxygen atoms in total. The summed E-state index contributed by atoms with van der Waals surface area (Å²) < 4.78 is 0. The van der Waals surface area contributed by atoms with Crippen LogP contribution in [0.25, 0.3) is 0 Å². The number of benzene rings is 1. The first-order valence-corrected chi connectivity index (χ1v) is 5.32. The van der Waals surface area contributed by atoms with E-state index in [1.165, 1.54) is 0 Å². The molecule has 1 aliphatic heterocycles. The van der Waals surface area contributed by atoms with Crippen LogP contribution in [0, 0.1) is 0 Å². The molecule has 1 aromatic carbocycles. The first-order valence-electron chi connectivity index (χ1n) is 5.32. The van der Waals surface area contributed by atoms with Gasteiger partial charge in [0.2, 0.25) is 5.91 Å². The molecule has 0 saturated heterocycles. The monoisotopic (exact) mass is 204 g/mol. The number of carbonyl (C=O) groups excluding carboxylic acids is 1. The molecule has 2 N–H and O–H groups in total. The summed E-state index contributed by atoms with van der Waals surface area (Å²) in [5, 5.41) is 0.